The zero-order valence-electron chi connectivity index (χ0n) is 16.7. The third-order valence-electron chi connectivity index (χ3n) is 7.20. The second kappa shape index (κ2) is 7.62. The molecule has 0 N–H and O–H groups in total. The van der Waals surface area contributed by atoms with Crippen molar-refractivity contribution in [3.8, 4) is 0 Å². The highest BCUT2D eigenvalue weighted by atomic mass is 16.7. The summed E-state index contributed by atoms with van der Waals surface area (Å²) in [4.78, 5) is 2.70. The topological polar surface area (TPSA) is 21.7 Å². The SMILES string of the molecule is c1ccc(CN(Cc2ccccc2)C2CC3(CCC4(CC3)OCCO4)C2)cc1. The third kappa shape index (κ3) is 3.76. The molecule has 0 atom stereocenters. The van der Waals surface area contributed by atoms with Gasteiger partial charge >= 0.3 is 0 Å². The predicted molar refractivity (Wildman–Crippen MR) is 111 cm³/mol. The first-order valence-corrected chi connectivity index (χ1v) is 10.8. The maximum atomic E-state index is 5.94. The average molecular weight is 378 g/mol. The van der Waals surface area contributed by atoms with Gasteiger partial charge in [0.15, 0.2) is 5.79 Å². The maximum absolute atomic E-state index is 5.94. The molecule has 0 aromatic heterocycles. The number of hydrogen-bond donors (Lipinski definition) is 0. The molecule has 2 aromatic rings. The van der Waals surface area contributed by atoms with Crippen LogP contribution in [0.15, 0.2) is 60.7 Å². The standard InChI is InChI=1S/C25H31NO2/c1-3-7-21(8-4-1)19-26(20-22-9-5-2-6-10-22)23-17-24(18-23)11-13-25(14-12-24)27-15-16-28-25/h1-10,23H,11-20H2. The first kappa shape index (κ1) is 18.4. The highest BCUT2D eigenvalue weighted by Gasteiger charge is 2.52. The summed E-state index contributed by atoms with van der Waals surface area (Å²) < 4.78 is 11.9. The van der Waals surface area contributed by atoms with E-state index in [1.807, 2.05) is 0 Å². The number of nitrogens with zero attached hydrogens (tertiary/aromatic N) is 1. The molecule has 148 valence electrons. The average Bonchev–Trinajstić information content (AvgIpc) is 3.17. The summed E-state index contributed by atoms with van der Waals surface area (Å²) >= 11 is 0. The number of hydrogen-bond acceptors (Lipinski definition) is 3. The Balaban J connectivity index is 1.25. The van der Waals surface area contributed by atoms with Crippen LogP contribution in [0, 0.1) is 5.41 Å². The van der Waals surface area contributed by atoms with Gasteiger partial charge < -0.3 is 9.47 Å². The molecule has 1 saturated heterocycles. The smallest absolute Gasteiger partial charge is 0.168 e. The van der Waals surface area contributed by atoms with Gasteiger partial charge in [0.25, 0.3) is 0 Å². The molecule has 28 heavy (non-hydrogen) atoms. The summed E-state index contributed by atoms with van der Waals surface area (Å²) in [6, 6.07) is 22.5. The van der Waals surface area contributed by atoms with Crippen molar-refractivity contribution < 1.29 is 9.47 Å². The van der Waals surface area contributed by atoms with E-state index in [9.17, 15) is 0 Å². The lowest BCUT2D eigenvalue weighted by Gasteiger charge is -2.56. The summed E-state index contributed by atoms with van der Waals surface area (Å²) in [6.45, 7) is 3.62. The molecule has 3 aliphatic rings. The largest absolute Gasteiger partial charge is 0.348 e. The van der Waals surface area contributed by atoms with Crippen LogP contribution >= 0.6 is 0 Å². The first-order chi connectivity index (χ1) is 13.7. The molecule has 1 heterocycles. The Kier molecular flexibility index (Phi) is 5.00. The van der Waals surface area contributed by atoms with Gasteiger partial charge in [-0.15, -0.1) is 0 Å². The predicted octanol–water partition coefficient (Wildman–Crippen LogP) is 5.15. The van der Waals surface area contributed by atoms with Crippen molar-refractivity contribution in [1.82, 2.24) is 4.90 Å². The van der Waals surface area contributed by atoms with Crippen LogP contribution < -0.4 is 0 Å². The second-order valence-electron chi connectivity index (χ2n) is 9.05. The summed E-state index contributed by atoms with van der Waals surface area (Å²) in [6.07, 6.45) is 7.32. The van der Waals surface area contributed by atoms with Crippen molar-refractivity contribution in [3.05, 3.63) is 71.8 Å². The van der Waals surface area contributed by atoms with E-state index in [4.69, 9.17) is 9.47 Å². The number of benzene rings is 2. The lowest BCUT2D eigenvalue weighted by atomic mass is 9.57. The van der Waals surface area contributed by atoms with Crippen LogP contribution in [-0.2, 0) is 22.6 Å². The Morgan fingerprint density at radius 1 is 0.714 bits per heavy atom. The van der Waals surface area contributed by atoms with Gasteiger partial charge in [0.1, 0.15) is 0 Å². The normalized spacial score (nSPS) is 23.3. The Bertz CT molecular complexity index is 710. The number of rotatable bonds is 5. The molecular formula is C25H31NO2. The molecule has 3 heteroatoms. The lowest BCUT2D eigenvalue weighted by Crippen LogP contribution is -2.53. The van der Waals surface area contributed by atoms with Gasteiger partial charge in [0, 0.05) is 32.0 Å². The molecule has 5 rings (SSSR count). The Hall–Kier alpha value is -1.68. The van der Waals surface area contributed by atoms with E-state index in [2.05, 4.69) is 65.6 Å². The number of ether oxygens (including phenoxy) is 2. The molecule has 0 radical (unpaired) electrons. The van der Waals surface area contributed by atoms with Crippen LogP contribution in [0.3, 0.4) is 0 Å². The van der Waals surface area contributed by atoms with Crippen LogP contribution in [0.25, 0.3) is 0 Å². The van der Waals surface area contributed by atoms with E-state index in [0.29, 0.717) is 11.5 Å². The van der Waals surface area contributed by atoms with E-state index >= 15 is 0 Å². The lowest BCUT2D eigenvalue weighted by molar-refractivity contribution is -0.204. The van der Waals surface area contributed by atoms with Gasteiger partial charge in [-0.2, -0.15) is 0 Å². The van der Waals surface area contributed by atoms with Crippen LogP contribution in [0.4, 0.5) is 0 Å². The Morgan fingerprint density at radius 3 is 1.71 bits per heavy atom. The van der Waals surface area contributed by atoms with Crippen molar-refractivity contribution in [3.63, 3.8) is 0 Å². The fourth-order valence-corrected chi connectivity index (χ4v) is 5.50. The fourth-order valence-electron chi connectivity index (χ4n) is 5.50. The minimum absolute atomic E-state index is 0.232. The van der Waals surface area contributed by atoms with E-state index in [1.54, 1.807) is 0 Å². The van der Waals surface area contributed by atoms with Crippen LogP contribution in [0.1, 0.15) is 49.7 Å². The molecule has 0 amide bonds. The molecule has 0 unspecified atom stereocenters. The van der Waals surface area contributed by atoms with Crippen LogP contribution in [0.5, 0.6) is 0 Å². The molecule has 2 aromatic carbocycles. The van der Waals surface area contributed by atoms with Crippen LogP contribution in [-0.4, -0.2) is 29.9 Å². The Morgan fingerprint density at radius 2 is 1.21 bits per heavy atom. The summed E-state index contributed by atoms with van der Waals surface area (Å²) in [5, 5.41) is 0. The van der Waals surface area contributed by atoms with Gasteiger partial charge in [-0.25, -0.2) is 0 Å². The van der Waals surface area contributed by atoms with E-state index in [0.717, 1.165) is 39.1 Å². The third-order valence-corrected chi connectivity index (χ3v) is 7.20. The molecule has 1 aliphatic heterocycles. The van der Waals surface area contributed by atoms with Gasteiger partial charge in [0.2, 0.25) is 0 Å². The second-order valence-corrected chi connectivity index (χ2v) is 9.05. The molecule has 0 bridgehead atoms. The molecule has 2 aliphatic carbocycles. The molecule has 3 nitrogen and oxygen atoms in total. The quantitative estimate of drug-likeness (QED) is 0.719. The summed E-state index contributed by atoms with van der Waals surface area (Å²) in [5.41, 5.74) is 3.35. The molecule has 2 spiro atoms. The van der Waals surface area contributed by atoms with Crippen molar-refractivity contribution in [2.75, 3.05) is 13.2 Å². The maximum Gasteiger partial charge on any atom is 0.168 e. The molecule has 3 fully saturated rings. The minimum atomic E-state index is -0.232. The minimum Gasteiger partial charge on any atom is -0.348 e. The van der Waals surface area contributed by atoms with E-state index in [1.165, 1.54) is 36.8 Å². The first-order valence-electron chi connectivity index (χ1n) is 10.8. The molecule has 2 saturated carbocycles. The fraction of sp³-hybridized carbons (Fsp3) is 0.520. The Labute approximate surface area is 168 Å². The monoisotopic (exact) mass is 377 g/mol. The summed E-state index contributed by atoms with van der Waals surface area (Å²) in [7, 11) is 0. The van der Waals surface area contributed by atoms with Crippen molar-refractivity contribution in [1.29, 1.82) is 0 Å². The van der Waals surface area contributed by atoms with Crippen molar-refractivity contribution >= 4 is 0 Å². The highest BCUT2D eigenvalue weighted by Crippen LogP contribution is 2.56. The van der Waals surface area contributed by atoms with Gasteiger partial charge in [-0.3, -0.25) is 4.90 Å². The van der Waals surface area contributed by atoms with E-state index in [-0.39, 0.29) is 5.79 Å². The van der Waals surface area contributed by atoms with E-state index < -0.39 is 0 Å². The zero-order valence-corrected chi connectivity index (χ0v) is 16.7. The zero-order chi connectivity index (χ0) is 18.9. The molecular weight excluding hydrogens is 346 g/mol. The van der Waals surface area contributed by atoms with Gasteiger partial charge in [0.05, 0.1) is 13.2 Å². The summed E-state index contributed by atoms with van der Waals surface area (Å²) in [5.74, 6) is -0.232. The highest BCUT2D eigenvalue weighted by molar-refractivity contribution is 5.18. The van der Waals surface area contributed by atoms with Crippen LogP contribution in [0.2, 0.25) is 0 Å². The van der Waals surface area contributed by atoms with Crippen molar-refractivity contribution in [2.45, 2.75) is 63.4 Å². The van der Waals surface area contributed by atoms with Gasteiger partial charge in [-0.05, 0) is 42.2 Å². The van der Waals surface area contributed by atoms with Gasteiger partial charge in [-0.1, -0.05) is 60.7 Å². The van der Waals surface area contributed by atoms with Crippen molar-refractivity contribution in [2.24, 2.45) is 5.41 Å².